The third-order valence-corrected chi connectivity index (χ3v) is 4.97. The molecule has 0 radical (unpaired) electrons. The summed E-state index contributed by atoms with van der Waals surface area (Å²) in [5.74, 6) is 0.874. The SMILES string of the molecule is CCOc1ccc(NC(=S)N2CCN(Cc3cccc(Cl)c3)CC2)cc1. The second-order valence-electron chi connectivity index (χ2n) is 6.28. The number of anilines is 1. The standard InChI is InChI=1S/C20H24ClN3OS/c1-2-25-19-8-6-18(7-9-19)22-20(26)24-12-10-23(11-13-24)15-16-4-3-5-17(21)14-16/h3-9,14H,2,10-13,15H2,1H3,(H,22,26). The first kappa shape index (κ1) is 19.0. The van der Waals surface area contributed by atoms with E-state index in [1.54, 1.807) is 0 Å². The number of halogens is 1. The summed E-state index contributed by atoms with van der Waals surface area (Å²) in [6.07, 6.45) is 0. The van der Waals surface area contributed by atoms with Crippen LogP contribution in [0.15, 0.2) is 48.5 Å². The van der Waals surface area contributed by atoms with Gasteiger partial charge >= 0.3 is 0 Å². The number of rotatable bonds is 5. The summed E-state index contributed by atoms with van der Waals surface area (Å²) in [5.41, 5.74) is 2.24. The Morgan fingerprint density at radius 3 is 2.50 bits per heavy atom. The van der Waals surface area contributed by atoms with E-state index in [9.17, 15) is 0 Å². The average molecular weight is 390 g/mol. The molecule has 2 aromatic rings. The van der Waals surface area contributed by atoms with Crippen molar-refractivity contribution in [2.45, 2.75) is 13.5 Å². The van der Waals surface area contributed by atoms with Gasteiger partial charge in [0.1, 0.15) is 5.75 Å². The average Bonchev–Trinajstić information content (AvgIpc) is 2.64. The second-order valence-corrected chi connectivity index (χ2v) is 7.10. The molecule has 0 aliphatic carbocycles. The minimum atomic E-state index is 0.671. The molecule has 1 aliphatic rings. The fraction of sp³-hybridized carbons (Fsp3) is 0.350. The van der Waals surface area contributed by atoms with E-state index in [1.165, 1.54) is 5.56 Å². The van der Waals surface area contributed by atoms with Gasteiger partial charge in [-0.15, -0.1) is 0 Å². The number of benzene rings is 2. The highest BCUT2D eigenvalue weighted by Gasteiger charge is 2.19. The lowest BCUT2D eigenvalue weighted by atomic mass is 10.2. The molecule has 1 fully saturated rings. The maximum absolute atomic E-state index is 6.07. The number of piperazine rings is 1. The summed E-state index contributed by atoms with van der Waals surface area (Å²) < 4.78 is 5.47. The van der Waals surface area contributed by atoms with E-state index in [1.807, 2.05) is 49.4 Å². The Hall–Kier alpha value is -1.82. The zero-order valence-corrected chi connectivity index (χ0v) is 16.5. The number of thiocarbonyl (C=S) groups is 1. The first-order chi connectivity index (χ1) is 12.6. The van der Waals surface area contributed by atoms with Gasteiger partial charge in [0.05, 0.1) is 6.61 Å². The van der Waals surface area contributed by atoms with Crippen LogP contribution in [-0.2, 0) is 6.54 Å². The van der Waals surface area contributed by atoms with Gasteiger partial charge in [0, 0.05) is 43.4 Å². The summed E-state index contributed by atoms with van der Waals surface area (Å²) in [7, 11) is 0. The molecule has 26 heavy (non-hydrogen) atoms. The summed E-state index contributed by atoms with van der Waals surface area (Å²) in [6.45, 7) is 7.38. The minimum Gasteiger partial charge on any atom is -0.494 e. The van der Waals surface area contributed by atoms with Crippen LogP contribution in [0.25, 0.3) is 0 Å². The Morgan fingerprint density at radius 1 is 1.12 bits per heavy atom. The lowest BCUT2D eigenvalue weighted by Crippen LogP contribution is -2.49. The van der Waals surface area contributed by atoms with Crippen LogP contribution in [0.4, 0.5) is 5.69 Å². The first-order valence-electron chi connectivity index (χ1n) is 8.89. The van der Waals surface area contributed by atoms with Crippen LogP contribution in [0.5, 0.6) is 5.75 Å². The lowest BCUT2D eigenvalue weighted by Gasteiger charge is -2.36. The minimum absolute atomic E-state index is 0.671. The molecule has 3 rings (SSSR count). The van der Waals surface area contributed by atoms with Crippen LogP contribution in [0, 0.1) is 0 Å². The number of hydrogen-bond acceptors (Lipinski definition) is 3. The second kappa shape index (κ2) is 9.21. The molecule has 138 valence electrons. The van der Waals surface area contributed by atoms with Crippen LogP contribution in [0.2, 0.25) is 5.02 Å². The Balaban J connectivity index is 1.47. The molecule has 0 saturated carbocycles. The van der Waals surface area contributed by atoms with E-state index in [0.29, 0.717) is 6.61 Å². The molecule has 0 unspecified atom stereocenters. The van der Waals surface area contributed by atoms with E-state index >= 15 is 0 Å². The van der Waals surface area contributed by atoms with Gasteiger partial charge in [-0.1, -0.05) is 23.7 Å². The summed E-state index contributed by atoms with van der Waals surface area (Å²) >= 11 is 11.6. The largest absolute Gasteiger partial charge is 0.494 e. The smallest absolute Gasteiger partial charge is 0.173 e. The van der Waals surface area contributed by atoms with E-state index in [-0.39, 0.29) is 0 Å². The van der Waals surface area contributed by atoms with Crippen LogP contribution >= 0.6 is 23.8 Å². The zero-order valence-electron chi connectivity index (χ0n) is 15.0. The normalized spacial score (nSPS) is 14.9. The van der Waals surface area contributed by atoms with Crippen LogP contribution in [-0.4, -0.2) is 47.7 Å². The fourth-order valence-electron chi connectivity index (χ4n) is 3.01. The fourth-order valence-corrected chi connectivity index (χ4v) is 3.52. The van der Waals surface area contributed by atoms with E-state index in [2.05, 4.69) is 21.2 Å². The zero-order chi connectivity index (χ0) is 18.4. The van der Waals surface area contributed by atoms with Crippen molar-refractivity contribution in [1.82, 2.24) is 9.80 Å². The van der Waals surface area contributed by atoms with Crippen LogP contribution in [0.3, 0.4) is 0 Å². The van der Waals surface area contributed by atoms with E-state index < -0.39 is 0 Å². The van der Waals surface area contributed by atoms with Gasteiger partial charge in [0.2, 0.25) is 0 Å². The Bertz CT molecular complexity index is 730. The molecule has 1 N–H and O–H groups in total. The summed E-state index contributed by atoms with van der Waals surface area (Å²) in [5, 5.41) is 4.89. The highest BCUT2D eigenvalue weighted by Crippen LogP contribution is 2.17. The molecule has 0 atom stereocenters. The Morgan fingerprint density at radius 2 is 1.85 bits per heavy atom. The van der Waals surface area contributed by atoms with E-state index in [4.69, 9.17) is 28.6 Å². The van der Waals surface area contributed by atoms with Crippen molar-refractivity contribution in [3.05, 3.63) is 59.1 Å². The predicted molar refractivity (Wildman–Crippen MR) is 112 cm³/mol. The van der Waals surface area contributed by atoms with Gasteiger partial charge in [-0.05, 0) is 61.1 Å². The maximum atomic E-state index is 6.07. The molecule has 1 aliphatic heterocycles. The molecule has 0 amide bonds. The maximum Gasteiger partial charge on any atom is 0.173 e. The van der Waals surface area contributed by atoms with Gasteiger partial charge < -0.3 is 15.0 Å². The molecule has 4 nitrogen and oxygen atoms in total. The number of ether oxygens (including phenoxy) is 1. The van der Waals surface area contributed by atoms with Gasteiger partial charge in [-0.2, -0.15) is 0 Å². The van der Waals surface area contributed by atoms with Gasteiger partial charge in [0.25, 0.3) is 0 Å². The molecular formula is C20H24ClN3OS. The molecule has 1 heterocycles. The third-order valence-electron chi connectivity index (χ3n) is 4.37. The van der Waals surface area contributed by atoms with Crippen molar-refractivity contribution in [2.75, 3.05) is 38.1 Å². The van der Waals surface area contributed by atoms with Crippen molar-refractivity contribution >= 4 is 34.6 Å². The highest BCUT2D eigenvalue weighted by molar-refractivity contribution is 7.80. The topological polar surface area (TPSA) is 27.7 Å². The number of hydrogen-bond donors (Lipinski definition) is 1. The molecule has 1 saturated heterocycles. The van der Waals surface area contributed by atoms with Crippen molar-refractivity contribution in [3.63, 3.8) is 0 Å². The Kier molecular flexibility index (Phi) is 6.72. The third kappa shape index (κ3) is 5.34. The Labute approximate surface area is 165 Å². The van der Waals surface area contributed by atoms with Crippen molar-refractivity contribution in [3.8, 4) is 5.75 Å². The number of nitrogens with one attached hydrogen (secondary N) is 1. The highest BCUT2D eigenvalue weighted by atomic mass is 35.5. The van der Waals surface area contributed by atoms with Crippen LogP contribution in [0.1, 0.15) is 12.5 Å². The van der Waals surface area contributed by atoms with Crippen molar-refractivity contribution in [2.24, 2.45) is 0 Å². The van der Waals surface area contributed by atoms with Gasteiger partial charge in [-0.3, -0.25) is 4.90 Å². The number of nitrogens with zero attached hydrogens (tertiary/aromatic N) is 2. The molecule has 0 bridgehead atoms. The molecule has 2 aromatic carbocycles. The molecule has 6 heteroatoms. The lowest BCUT2D eigenvalue weighted by molar-refractivity contribution is 0.177. The first-order valence-corrected chi connectivity index (χ1v) is 9.68. The van der Waals surface area contributed by atoms with Gasteiger partial charge in [0.15, 0.2) is 5.11 Å². The van der Waals surface area contributed by atoms with E-state index in [0.717, 1.165) is 54.3 Å². The van der Waals surface area contributed by atoms with Gasteiger partial charge in [-0.25, -0.2) is 0 Å². The van der Waals surface area contributed by atoms with Crippen molar-refractivity contribution < 1.29 is 4.74 Å². The molecule has 0 aromatic heterocycles. The predicted octanol–water partition coefficient (Wildman–Crippen LogP) is 4.25. The van der Waals surface area contributed by atoms with Crippen molar-refractivity contribution in [1.29, 1.82) is 0 Å². The monoisotopic (exact) mass is 389 g/mol. The summed E-state index contributed by atoms with van der Waals surface area (Å²) in [4.78, 5) is 4.65. The van der Waals surface area contributed by atoms with Crippen LogP contribution < -0.4 is 10.1 Å². The molecular weight excluding hydrogens is 366 g/mol. The summed E-state index contributed by atoms with van der Waals surface area (Å²) in [6, 6.07) is 16.0. The molecule has 0 spiro atoms. The quantitative estimate of drug-likeness (QED) is 0.771.